The van der Waals surface area contributed by atoms with E-state index in [2.05, 4.69) is 20.9 Å². The van der Waals surface area contributed by atoms with Crippen molar-refractivity contribution in [1.82, 2.24) is 4.98 Å². The quantitative estimate of drug-likeness (QED) is 0.510. The largest absolute Gasteiger partial charge is 0.450 e. The average molecular weight is 345 g/mol. The molecule has 6 heteroatoms. The van der Waals surface area contributed by atoms with Gasteiger partial charge < -0.3 is 4.74 Å². The first-order chi connectivity index (χ1) is 10.1. The highest BCUT2D eigenvalue weighted by Gasteiger charge is 2.16. The molecule has 0 bridgehead atoms. The Hall–Kier alpha value is -2.47. The first-order valence-corrected chi connectivity index (χ1v) is 6.89. The van der Waals surface area contributed by atoms with Crippen LogP contribution in [0.25, 0.3) is 10.9 Å². The fraction of sp³-hybridized carbons (Fsp3) is 0. The minimum Gasteiger partial charge on any atom is -0.450 e. The lowest BCUT2D eigenvalue weighted by atomic mass is 10.2. The number of hydrogen-bond donors (Lipinski definition) is 0. The van der Waals surface area contributed by atoms with Crippen LogP contribution in [0.1, 0.15) is 0 Å². The van der Waals surface area contributed by atoms with Gasteiger partial charge in [-0.1, -0.05) is 22.0 Å². The Morgan fingerprint density at radius 1 is 1.14 bits per heavy atom. The first-order valence-electron chi connectivity index (χ1n) is 6.10. The maximum Gasteiger partial charge on any atom is 0.312 e. The van der Waals surface area contributed by atoms with E-state index >= 15 is 0 Å². The van der Waals surface area contributed by atoms with E-state index < -0.39 is 4.92 Å². The van der Waals surface area contributed by atoms with Crippen LogP contribution in [0.15, 0.2) is 59.2 Å². The maximum atomic E-state index is 11.1. The van der Waals surface area contributed by atoms with Gasteiger partial charge in [0, 0.05) is 28.2 Å². The fourth-order valence-electron chi connectivity index (χ4n) is 1.96. The molecule has 3 rings (SSSR count). The van der Waals surface area contributed by atoms with E-state index in [9.17, 15) is 10.1 Å². The number of halogens is 1. The van der Waals surface area contributed by atoms with Crippen LogP contribution in [0.5, 0.6) is 11.5 Å². The van der Waals surface area contributed by atoms with Gasteiger partial charge in [-0.25, -0.2) is 0 Å². The molecule has 0 amide bonds. The number of rotatable bonds is 3. The zero-order chi connectivity index (χ0) is 14.8. The van der Waals surface area contributed by atoms with E-state index in [4.69, 9.17) is 4.74 Å². The number of nitro benzene ring substituents is 1. The maximum absolute atomic E-state index is 11.1. The van der Waals surface area contributed by atoms with E-state index in [-0.39, 0.29) is 11.4 Å². The van der Waals surface area contributed by atoms with Crippen molar-refractivity contribution in [3.8, 4) is 11.5 Å². The highest BCUT2D eigenvalue weighted by molar-refractivity contribution is 9.10. The molecule has 0 N–H and O–H groups in total. The average Bonchev–Trinajstić information content (AvgIpc) is 2.49. The lowest BCUT2D eigenvalue weighted by molar-refractivity contribution is -0.385. The summed E-state index contributed by atoms with van der Waals surface area (Å²) < 4.78 is 6.26. The molecule has 104 valence electrons. The molecule has 1 aromatic heterocycles. The summed E-state index contributed by atoms with van der Waals surface area (Å²) >= 11 is 3.21. The summed E-state index contributed by atoms with van der Waals surface area (Å²) in [5.74, 6) is 0.699. The number of hydrogen-bond acceptors (Lipinski definition) is 4. The number of benzene rings is 2. The summed E-state index contributed by atoms with van der Waals surface area (Å²) in [6.07, 6.45) is 1.69. The fourth-order valence-corrected chi connectivity index (χ4v) is 2.31. The summed E-state index contributed by atoms with van der Waals surface area (Å²) in [6.45, 7) is 0. The molecule has 5 nitrogen and oxygen atoms in total. The molecule has 0 aliphatic heterocycles. The van der Waals surface area contributed by atoms with Gasteiger partial charge in [-0.3, -0.25) is 15.1 Å². The van der Waals surface area contributed by atoms with Crippen LogP contribution in [-0.4, -0.2) is 9.91 Å². The van der Waals surface area contributed by atoms with Crippen LogP contribution in [0.3, 0.4) is 0 Å². The molecule has 0 spiro atoms. The van der Waals surface area contributed by atoms with Gasteiger partial charge in [-0.05, 0) is 30.3 Å². The molecular formula is C15H9BrN2O3. The number of fused-ring (bicyclic) bond motifs is 1. The molecule has 21 heavy (non-hydrogen) atoms. The van der Waals surface area contributed by atoms with Gasteiger partial charge >= 0.3 is 5.69 Å². The van der Waals surface area contributed by atoms with E-state index in [1.807, 2.05) is 18.2 Å². The van der Waals surface area contributed by atoms with Crippen molar-refractivity contribution in [2.75, 3.05) is 0 Å². The third-order valence-electron chi connectivity index (χ3n) is 2.92. The molecule has 0 saturated heterocycles. The second kappa shape index (κ2) is 5.49. The van der Waals surface area contributed by atoms with E-state index in [1.54, 1.807) is 30.5 Å². The highest BCUT2D eigenvalue weighted by Crippen LogP contribution is 2.34. The molecule has 3 aromatic rings. The molecule has 1 heterocycles. The summed E-state index contributed by atoms with van der Waals surface area (Å²) in [5.41, 5.74) is 0.681. The molecule has 0 aliphatic carbocycles. The smallest absolute Gasteiger partial charge is 0.312 e. The van der Waals surface area contributed by atoms with Crippen LogP contribution >= 0.6 is 15.9 Å². The van der Waals surface area contributed by atoms with Gasteiger partial charge in [0.05, 0.1) is 10.4 Å². The van der Waals surface area contributed by atoms with Crippen molar-refractivity contribution in [3.63, 3.8) is 0 Å². The highest BCUT2D eigenvalue weighted by atomic mass is 79.9. The van der Waals surface area contributed by atoms with Gasteiger partial charge in [0.1, 0.15) is 5.75 Å². The summed E-state index contributed by atoms with van der Waals surface area (Å²) in [4.78, 5) is 14.8. The van der Waals surface area contributed by atoms with Crippen LogP contribution < -0.4 is 4.74 Å². The Kier molecular flexibility index (Phi) is 3.53. The molecule has 2 aromatic carbocycles. The standard InChI is InChI=1S/C15H9BrN2O3/c16-11-4-6-15(14(8-11)18(19)20)21-12-5-3-10-2-1-7-17-13(10)9-12/h1-9H. The molecule has 0 saturated carbocycles. The van der Waals surface area contributed by atoms with Gasteiger partial charge in [-0.15, -0.1) is 0 Å². The van der Waals surface area contributed by atoms with Gasteiger partial charge in [-0.2, -0.15) is 0 Å². The monoisotopic (exact) mass is 344 g/mol. The molecule has 0 atom stereocenters. The van der Waals surface area contributed by atoms with Crippen molar-refractivity contribution >= 4 is 32.5 Å². The van der Waals surface area contributed by atoms with Crippen LogP contribution in [0.2, 0.25) is 0 Å². The number of ether oxygens (including phenoxy) is 1. The summed E-state index contributed by atoms with van der Waals surface area (Å²) in [5, 5.41) is 12.1. The Morgan fingerprint density at radius 3 is 2.81 bits per heavy atom. The van der Waals surface area contributed by atoms with Crippen molar-refractivity contribution in [3.05, 3.63) is 69.3 Å². The normalized spacial score (nSPS) is 10.5. The number of nitro groups is 1. The summed E-state index contributed by atoms with van der Waals surface area (Å²) in [6, 6.07) is 13.8. The summed E-state index contributed by atoms with van der Waals surface area (Å²) in [7, 11) is 0. The van der Waals surface area contributed by atoms with Crippen molar-refractivity contribution < 1.29 is 9.66 Å². The molecule has 0 aliphatic rings. The van der Waals surface area contributed by atoms with Crippen LogP contribution in [0.4, 0.5) is 5.69 Å². The van der Waals surface area contributed by atoms with Crippen molar-refractivity contribution in [2.24, 2.45) is 0 Å². The SMILES string of the molecule is O=[N+]([O-])c1cc(Br)ccc1Oc1ccc2cccnc2c1. The zero-order valence-electron chi connectivity index (χ0n) is 10.7. The lowest BCUT2D eigenvalue weighted by Gasteiger charge is -2.07. The predicted octanol–water partition coefficient (Wildman–Crippen LogP) is 4.70. The second-order valence-corrected chi connectivity index (χ2v) is 5.24. The molecule has 0 radical (unpaired) electrons. The van der Waals surface area contributed by atoms with Crippen LogP contribution in [0, 0.1) is 10.1 Å². The second-order valence-electron chi connectivity index (χ2n) is 4.33. The topological polar surface area (TPSA) is 65.3 Å². The van der Waals surface area contributed by atoms with E-state index in [0.717, 1.165) is 10.9 Å². The Balaban J connectivity index is 2.00. The molecule has 0 fully saturated rings. The number of pyridine rings is 1. The predicted molar refractivity (Wildman–Crippen MR) is 82.6 cm³/mol. The Labute approximate surface area is 128 Å². The van der Waals surface area contributed by atoms with Crippen molar-refractivity contribution in [1.29, 1.82) is 0 Å². The van der Waals surface area contributed by atoms with Crippen molar-refractivity contribution in [2.45, 2.75) is 0 Å². The molecule has 0 unspecified atom stereocenters. The first kappa shape index (κ1) is 13.5. The Bertz CT molecular complexity index is 836. The number of nitrogens with zero attached hydrogens (tertiary/aromatic N) is 2. The zero-order valence-corrected chi connectivity index (χ0v) is 12.3. The molecular weight excluding hydrogens is 336 g/mol. The van der Waals surface area contributed by atoms with Crippen LogP contribution in [-0.2, 0) is 0 Å². The number of aromatic nitrogens is 1. The minimum atomic E-state index is -0.473. The van der Waals surface area contributed by atoms with E-state index in [1.165, 1.54) is 6.07 Å². The van der Waals surface area contributed by atoms with E-state index in [0.29, 0.717) is 10.2 Å². The lowest BCUT2D eigenvalue weighted by Crippen LogP contribution is -1.93. The van der Waals surface area contributed by atoms with Gasteiger partial charge in [0.2, 0.25) is 5.75 Å². The van der Waals surface area contributed by atoms with Gasteiger partial charge in [0.15, 0.2) is 0 Å². The third kappa shape index (κ3) is 2.85. The van der Waals surface area contributed by atoms with Gasteiger partial charge in [0.25, 0.3) is 0 Å². The Morgan fingerprint density at radius 2 is 2.00 bits per heavy atom. The minimum absolute atomic E-state index is 0.0921. The third-order valence-corrected chi connectivity index (χ3v) is 3.42.